The highest BCUT2D eigenvalue weighted by atomic mass is 32.1. The van der Waals surface area contributed by atoms with Gasteiger partial charge < -0.3 is 0 Å². The second-order valence-electron chi connectivity index (χ2n) is 14.8. The molecule has 0 saturated heterocycles. The topological polar surface area (TPSA) is 150 Å². The molecule has 0 atom stereocenters. The van der Waals surface area contributed by atoms with Gasteiger partial charge in [0.1, 0.15) is 55.6 Å². The lowest BCUT2D eigenvalue weighted by atomic mass is 9.27. The summed E-state index contributed by atoms with van der Waals surface area (Å²) in [6, 6.07) is 8.61. The molecule has 0 saturated carbocycles. The van der Waals surface area contributed by atoms with E-state index in [0.29, 0.717) is 26.7 Å². The van der Waals surface area contributed by atoms with Gasteiger partial charge in [-0.25, -0.2) is 0 Å². The Bertz CT molecular complexity index is 3050. The molecule has 10 heterocycles. The van der Waals surface area contributed by atoms with Crippen molar-refractivity contribution in [2.24, 2.45) is 39.9 Å². The van der Waals surface area contributed by atoms with E-state index in [0.717, 1.165) is 114 Å². The first kappa shape index (κ1) is 46.8. The van der Waals surface area contributed by atoms with Crippen LogP contribution in [0.1, 0.15) is 60.1 Å². The molecule has 0 fully saturated rings. The molecule has 10 rings (SSSR count). The first-order valence-electron chi connectivity index (χ1n) is 21.5. The van der Waals surface area contributed by atoms with Crippen LogP contribution >= 0.6 is 22.7 Å². The van der Waals surface area contributed by atoms with Crippen LogP contribution in [-0.4, -0.2) is 97.8 Å². The van der Waals surface area contributed by atoms with Crippen LogP contribution in [0.15, 0.2) is 89.0 Å². The number of pyridine rings is 4. The number of rotatable bonds is 12. The Labute approximate surface area is 388 Å². The Balaban J connectivity index is 0.000000133. The molecule has 21 heteroatoms. The van der Waals surface area contributed by atoms with E-state index in [2.05, 4.69) is 114 Å². The van der Waals surface area contributed by atoms with Gasteiger partial charge in [0.05, 0.1) is 50.2 Å². The molecule has 4 aliphatic heterocycles. The lowest BCUT2D eigenvalue weighted by Crippen LogP contribution is -2.46. The summed E-state index contributed by atoms with van der Waals surface area (Å²) in [5.41, 5.74) is 8.29. The molecular formula is C43H44B7N12S2. The van der Waals surface area contributed by atoms with Crippen molar-refractivity contribution in [2.75, 3.05) is 26.7 Å². The smallest absolute Gasteiger partial charge is 0.162 e. The van der Waals surface area contributed by atoms with Crippen LogP contribution in [0.3, 0.4) is 0 Å². The molecule has 6 aromatic heterocycles. The molecule has 309 valence electrons. The molecule has 4 aliphatic rings. The molecule has 0 spiro atoms. The Morgan fingerprint density at radius 2 is 1.27 bits per heavy atom. The van der Waals surface area contributed by atoms with Gasteiger partial charge in [0, 0.05) is 75.3 Å². The summed E-state index contributed by atoms with van der Waals surface area (Å²) in [6.45, 7) is 14.6. The monoisotopic (exact) mass is 869 g/mol. The lowest BCUT2D eigenvalue weighted by molar-refractivity contribution is 0.887. The number of nitrogens with zero attached hydrogens (tertiary/aromatic N) is 12. The Morgan fingerprint density at radius 1 is 0.594 bits per heavy atom. The number of aryl methyl sites for hydroxylation is 5. The number of fused-ring (bicyclic) bond motifs is 4. The van der Waals surface area contributed by atoms with E-state index in [1.54, 1.807) is 36.9 Å². The minimum atomic E-state index is 0.505. The molecule has 12 nitrogen and oxygen atoms in total. The minimum Gasteiger partial charge on any atom is -0.270 e. The molecular weight excluding hydrogens is 824 g/mol. The molecule has 0 bridgehead atoms. The fourth-order valence-electron chi connectivity index (χ4n) is 7.32. The Kier molecular flexibility index (Phi) is 16.6. The van der Waals surface area contributed by atoms with Crippen LogP contribution in [0.4, 0.5) is 0 Å². The van der Waals surface area contributed by atoms with Crippen LogP contribution in [0.5, 0.6) is 0 Å². The summed E-state index contributed by atoms with van der Waals surface area (Å²) in [6.07, 6.45) is 12.4. The van der Waals surface area contributed by atoms with Crippen molar-refractivity contribution in [3.8, 4) is 21.0 Å². The first-order valence-corrected chi connectivity index (χ1v) is 23.1. The maximum atomic E-state index is 5.34. The van der Waals surface area contributed by atoms with Gasteiger partial charge in [-0.1, -0.05) is 40.1 Å². The summed E-state index contributed by atoms with van der Waals surface area (Å²) >= 11 is 3.56. The normalized spacial score (nSPS) is 12.8. The number of thiophene rings is 2. The highest BCUT2D eigenvalue weighted by molar-refractivity contribution is 7.27. The third-order valence-electron chi connectivity index (χ3n) is 10.6. The number of aromatic nitrogens is 4. The maximum absolute atomic E-state index is 5.34. The van der Waals surface area contributed by atoms with Gasteiger partial charge in [-0.15, -0.1) is 11.3 Å². The summed E-state index contributed by atoms with van der Waals surface area (Å²) < 4.78 is 1.26. The van der Waals surface area contributed by atoms with Crippen molar-refractivity contribution in [3.63, 3.8) is 0 Å². The third kappa shape index (κ3) is 10.7. The van der Waals surface area contributed by atoms with Crippen LogP contribution in [-0.2, 0) is 25.6 Å². The molecule has 9 radical (unpaired) electrons. The SMILES string of the molecule is C[B]c1ccc(-c2cnc(-c3ccc(CC)s3)c3c2=NCN=3)s1.Cc1cnc(C)c2c1=NCN=2.[B][B][B]Cc1ncc(CCC)c2c1=NCN=2.[B][B][B]c1ncc(CC)c2c1=NCN=2. The molecule has 0 unspecified atom stereocenters. The van der Waals surface area contributed by atoms with E-state index >= 15 is 0 Å². The van der Waals surface area contributed by atoms with Gasteiger partial charge in [0.25, 0.3) is 0 Å². The van der Waals surface area contributed by atoms with Crippen molar-refractivity contribution in [1.29, 1.82) is 0 Å². The highest BCUT2D eigenvalue weighted by Crippen LogP contribution is 2.26. The largest absolute Gasteiger partial charge is 0.270 e. The number of hydrogen-bond acceptors (Lipinski definition) is 14. The van der Waals surface area contributed by atoms with E-state index in [1.807, 2.05) is 45.8 Å². The van der Waals surface area contributed by atoms with Gasteiger partial charge in [-0.3, -0.25) is 59.9 Å². The van der Waals surface area contributed by atoms with Crippen LogP contribution in [0.2, 0.25) is 6.82 Å². The van der Waals surface area contributed by atoms with E-state index in [1.165, 1.54) is 32.0 Å². The lowest BCUT2D eigenvalue weighted by Gasteiger charge is -2.02. The summed E-state index contributed by atoms with van der Waals surface area (Å²) in [5, 5.41) is 7.80. The van der Waals surface area contributed by atoms with E-state index in [-0.39, 0.29) is 0 Å². The summed E-state index contributed by atoms with van der Waals surface area (Å²) in [5.74, 6) is 0. The average Bonchev–Trinajstić information content (AvgIpc) is 4.18. The molecule has 0 N–H and O–H groups in total. The minimum absolute atomic E-state index is 0.505. The molecule has 64 heavy (non-hydrogen) atoms. The standard InChI is InChI=1S/C17H15BN3S2.C10H12B3N3.C8H8B3N3.C8H9N3/c1-3-10-4-5-13(22-10)16-17-15(20-9-21-17)11(8-19-16)12-6-7-14(18-2)23-12;1-2-3-7-5-14-8(4-12-13-11)10-9(7)15-6-16-10;1-2-5-3-12-8(10-11-9)7-6(5)13-4-14-7;1-5-3-9-6(2)8-7(5)10-4-11-8/h4-8H,3,9H2,1-2H3;5H,2-4,6H2,1H3;3H,2,4H2,1H3;3H,4H2,1-2H3. The van der Waals surface area contributed by atoms with Crippen molar-refractivity contribution < 1.29 is 0 Å². The summed E-state index contributed by atoms with van der Waals surface area (Å²) in [4.78, 5) is 56.6. The number of hydrogen-bond donors (Lipinski definition) is 0. The van der Waals surface area contributed by atoms with Crippen LogP contribution < -0.4 is 53.2 Å². The zero-order chi connectivity index (χ0) is 45.0. The second kappa shape index (κ2) is 22.7. The van der Waals surface area contributed by atoms with Crippen LogP contribution in [0, 0.1) is 13.8 Å². The average molecular weight is 869 g/mol. The first-order chi connectivity index (χ1) is 31.3. The summed E-state index contributed by atoms with van der Waals surface area (Å²) in [7, 11) is 19.4. The highest BCUT2D eigenvalue weighted by Gasteiger charge is 2.16. The predicted molar refractivity (Wildman–Crippen MR) is 264 cm³/mol. The quantitative estimate of drug-likeness (QED) is 0.155. The molecule has 0 amide bonds. The fraction of sp³-hybridized carbons (Fsp3) is 0.349. The molecule has 0 aromatic carbocycles. The van der Waals surface area contributed by atoms with Gasteiger partial charge >= 0.3 is 0 Å². The fourth-order valence-corrected chi connectivity index (χ4v) is 9.17. The van der Waals surface area contributed by atoms with Gasteiger partial charge in [-0.05, 0) is 79.1 Å². The predicted octanol–water partition coefficient (Wildman–Crippen LogP) is -0.365. The van der Waals surface area contributed by atoms with Gasteiger partial charge in [0.15, 0.2) is 7.28 Å². The van der Waals surface area contributed by atoms with Crippen molar-refractivity contribution >= 4 is 84.3 Å². The van der Waals surface area contributed by atoms with Crippen molar-refractivity contribution in [2.45, 2.75) is 73.4 Å². The van der Waals surface area contributed by atoms with Crippen molar-refractivity contribution in [3.05, 3.63) is 125 Å². The van der Waals surface area contributed by atoms with Crippen LogP contribution in [0.25, 0.3) is 21.0 Å². The molecule has 6 aromatic rings. The van der Waals surface area contributed by atoms with Gasteiger partial charge in [0.2, 0.25) is 0 Å². The zero-order valence-corrected chi connectivity index (χ0v) is 38.8. The Morgan fingerprint density at radius 3 is 1.94 bits per heavy atom. The van der Waals surface area contributed by atoms with E-state index < -0.39 is 0 Å². The van der Waals surface area contributed by atoms with E-state index in [9.17, 15) is 0 Å². The van der Waals surface area contributed by atoms with Gasteiger partial charge in [-0.2, -0.15) is 11.3 Å². The molecule has 0 aliphatic carbocycles. The maximum Gasteiger partial charge on any atom is 0.162 e. The third-order valence-corrected chi connectivity index (χ3v) is 13.0. The Hall–Kier alpha value is -5.15. The second-order valence-corrected chi connectivity index (χ2v) is 17.1. The zero-order valence-electron chi connectivity index (χ0n) is 37.2. The van der Waals surface area contributed by atoms with Crippen molar-refractivity contribution in [1.82, 2.24) is 19.9 Å². The van der Waals surface area contributed by atoms with E-state index in [4.69, 9.17) is 20.5 Å².